The van der Waals surface area contributed by atoms with Crippen LogP contribution in [0.1, 0.15) is 10.7 Å². The summed E-state index contributed by atoms with van der Waals surface area (Å²) in [4.78, 5) is 5.74. The molecule has 0 N–H and O–H groups in total. The standard InChI is InChI=1S/C14H12ClFN2S/c15-9-14-17-12-4-3-10(16)8-13(12)18(14)6-5-11-2-1-7-19-11/h1-4,7-8H,5-6,9H2. The lowest BCUT2D eigenvalue weighted by molar-refractivity contribution is 0.627. The van der Waals surface area contributed by atoms with Gasteiger partial charge < -0.3 is 4.57 Å². The minimum Gasteiger partial charge on any atom is -0.327 e. The van der Waals surface area contributed by atoms with Crippen LogP contribution < -0.4 is 0 Å². The quantitative estimate of drug-likeness (QED) is 0.659. The van der Waals surface area contributed by atoms with Crippen LogP contribution >= 0.6 is 22.9 Å². The van der Waals surface area contributed by atoms with E-state index in [1.165, 1.54) is 17.0 Å². The van der Waals surface area contributed by atoms with Crippen LogP contribution in [0.5, 0.6) is 0 Å². The monoisotopic (exact) mass is 294 g/mol. The van der Waals surface area contributed by atoms with Gasteiger partial charge in [0.2, 0.25) is 0 Å². The molecule has 0 saturated heterocycles. The van der Waals surface area contributed by atoms with Crippen molar-refractivity contribution in [3.8, 4) is 0 Å². The van der Waals surface area contributed by atoms with Gasteiger partial charge in [-0.25, -0.2) is 9.37 Å². The lowest BCUT2D eigenvalue weighted by Gasteiger charge is -2.06. The SMILES string of the molecule is Fc1ccc2nc(CCl)n(CCc3cccs3)c2c1. The molecule has 19 heavy (non-hydrogen) atoms. The summed E-state index contributed by atoms with van der Waals surface area (Å²) in [5, 5.41) is 2.06. The first kappa shape index (κ1) is 12.6. The number of fused-ring (bicyclic) bond motifs is 1. The lowest BCUT2D eigenvalue weighted by atomic mass is 10.3. The Hall–Kier alpha value is -1.39. The number of rotatable bonds is 4. The second-order valence-electron chi connectivity index (χ2n) is 4.28. The summed E-state index contributed by atoms with van der Waals surface area (Å²) in [5.41, 5.74) is 1.61. The molecule has 0 amide bonds. The Morgan fingerprint density at radius 2 is 2.21 bits per heavy atom. The van der Waals surface area contributed by atoms with E-state index in [9.17, 15) is 4.39 Å². The highest BCUT2D eigenvalue weighted by molar-refractivity contribution is 7.09. The minimum absolute atomic E-state index is 0.245. The fourth-order valence-electron chi connectivity index (χ4n) is 2.17. The van der Waals surface area contributed by atoms with Crippen LogP contribution in [0.3, 0.4) is 0 Å². The van der Waals surface area contributed by atoms with E-state index in [1.54, 1.807) is 17.4 Å². The van der Waals surface area contributed by atoms with E-state index in [4.69, 9.17) is 11.6 Å². The van der Waals surface area contributed by atoms with Crippen LogP contribution in [-0.4, -0.2) is 9.55 Å². The maximum absolute atomic E-state index is 13.4. The Labute approximate surface area is 119 Å². The number of aromatic nitrogens is 2. The van der Waals surface area contributed by atoms with E-state index in [1.807, 2.05) is 10.6 Å². The second-order valence-corrected chi connectivity index (χ2v) is 5.58. The molecule has 1 aromatic carbocycles. The van der Waals surface area contributed by atoms with Crippen molar-refractivity contribution in [3.63, 3.8) is 0 Å². The normalized spacial score (nSPS) is 11.3. The third kappa shape index (κ3) is 2.51. The maximum Gasteiger partial charge on any atom is 0.125 e. The molecule has 0 aliphatic heterocycles. The maximum atomic E-state index is 13.4. The second kappa shape index (κ2) is 5.31. The molecule has 0 saturated carbocycles. The van der Waals surface area contributed by atoms with Gasteiger partial charge in [-0.2, -0.15) is 0 Å². The lowest BCUT2D eigenvalue weighted by Crippen LogP contribution is -2.04. The molecule has 2 nitrogen and oxygen atoms in total. The summed E-state index contributed by atoms with van der Waals surface area (Å²) in [7, 11) is 0. The largest absolute Gasteiger partial charge is 0.327 e. The Morgan fingerprint density at radius 3 is 2.95 bits per heavy atom. The van der Waals surface area contributed by atoms with Crippen LogP contribution in [-0.2, 0) is 18.8 Å². The average Bonchev–Trinajstić information content (AvgIpc) is 3.03. The zero-order valence-corrected chi connectivity index (χ0v) is 11.7. The molecular formula is C14H12ClFN2S. The number of aryl methyl sites for hydroxylation is 2. The third-order valence-electron chi connectivity index (χ3n) is 3.07. The third-order valence-corrected chi connectivity index (χ3v) is 4.25. The van der Waals surface area contributed by atoms with Gasteiger partial charge in [-0.05, 0) is 36.1 Å². The molecule has 0 fully saturated rings. The molecule has 2 heterocycles. The van der Waals surface area contributed by atoms with Gasteiger partial charge in [-0.15, -0.1) is 22.9 Å². The predicted octanol–water partition coefficient (Wildman–Crippen LogP) is 4.22. The predicted molar refractivity (Wildman–Crippen MR) is 77.3 cm³/mol. The van der Waals surface area contributed by atoms with Crippen molar-refractivity contribution < 1.29 is 4.39 Å². The summed E-state index contributed by atoms with van der Waals surface area (Å²) < 4.78 is 15.4. The highest BCUT2D eigenvalue weighted by Crippen LogP contribution is 2.20. The molecule has 0 bridgehead atoms. The highest BCUT2D eigenvalue weighted by Gasteiger charge is 2.10. The van der Waals surface area contributed by atoms with E-state index in [0.29, 0.717) is 5.88 Å². The molecule has 0 aliphatic carbocycles. The van der Waals surface area contributed by atoms with Crippen LogP contribution in [0.2, 0.25) is 0 Å². The zero-order valence-electron chi connectivity index (χ0n) is 10.1. The van der Waals surface area contributed by atoms with Gasteiger partial charge in [0.1, 0.15) is 11.6 Å². The van der Waals surface area contributed by atoms with Crippen molar-refractivity contribution in [3.05, 3.63) is 52.2 Å². The Balaban J connectivity index is 1.97. The Bertz CT molecular complexity index is 691. The highest BCUT2D eigenvalue weighted by atomic mass is 35.5. The number of hydrogen-bond acceptors (Lipinski definition) is 2. The van der Waals surface area contributed by atoms with E-state index >= 15 is 0 Å². The van der Waals surface area contributed by atoms with Gasteiger partial charge in [0.25, 0.3) is 0 Å². The van der Waals surface area contributed by atoms with Crippen molar-refractivity contribution in [2.75, 3.05) is 0 Å². The summed E-state index contributed by atoms with van der Waals surface area (Å²) in [6.07, 6.45) is 0.906. The average molecular weight is 295 g/mol. The number of thiophene rings is 1. The molecule has 0 unspecified atom stereocenters. The van der Waals surface area contributed by atoms with Crippen molar-refractivity contribution in [2.24, 2.45) is 0 Å². The van der Waals surface area contributed by atoms with E-state index in [-0.39, 0.29) is 5.82 Å². The van der Waals surface area contributed by atoms with Crippen LogP contribution in [0.15, 0.2) is 35.7 Å². The Morgan fingerprint density at radius 1 is 1.32 bits per heavy atom. The number of imidazole rings is 1. The van der Waals surface area contributed by atoms with Gasteiger partial charge >= 0.3 is 0 Å². The van der Waals surface area contributed by atoms with Gasteiger partial charge in [-0.3, -0.25) is 0 Å². The molecular weight excluding hydrogens is 283 g/mol. The van der Waals surface area contributed by atoms with E-state index < -0.39 is 0 Å². The molecule has 0 aliphatic rings. The van der Waals surface area contributed by atoms with Crippen LogP contribution in [0.4, 0.5) is 4.39 Å². The molecule has 2 aromatic heterocycles. The molecule has 0 radical (unpaired) electrons. The zero-order chi connectivity index (χ0) is 13.2. The number of halogens is 2. The molecule has 3 rings (SSSR count). The first-order valence-corrected chi connectivity index (χ1v) is 7.42. The molecule has 98 valence electrons. The molecule has 0 atom stereocenters. The van der Waals surface area contributed by atoms with Crippen LogP contribution in [0, 0.1) is 5.82 Å². The molecule has 0 spiro atoms. The summed E-state index contributed by atoms with van der Waals surface area (Å²) in [5.74, 6) is 0.880. The fraction of sp³-hybridized carbons (Fsp3) is 0.214. The number of nitrogens with zero attached hydrogens (tertiary/aromatic N) is 2. The molecule has 3 aromatic rings. The minimum atomic E-state index is -0.245. The summed E-state index contributed by atoms with van der Waals surface area (Å²) in [6.45, 7) is 0.766. The van der Waals surface area contributed by atoms with Crippen molar-refractivity contribution >= 4 is 34.0 Å². The first-order valence-electron chi connectivity index (χ1n) is 6.01. The summed E-state index contributed by atoms with van der Waals surface area (Å²) in [6, 6.07) is 8.78. The van der Waals surface area contributed by atoms with Gasteiger partial charge in [-0.1, -0.05) is 6.07 Å². The first-order chi connectivity index (χ1) is 9.28. The van der Waals surface area contributed by atoms with Crippen molar-refractivity contribution in [2.45, 2.75) is 18.8 Å². The van der Waals surface area contributed by atoms with Crippen molar-refractivity contribution in [1.82, 2.24) is 9.55 Å². The Kier molecular flexibility index (Phi) is 3.53. The smallest absolute Gasteiger partial charge is 0.125 e. The van der Waals surface area contributed by atoms with E-state index in [0.717, 1.165) is 29.8 Å². The van der Waals surface area contributed by atoms with Crippen molar-refractivity contribution in [1.29, 1.82) is 0 Å². The van der Waals surface area contributed by atoms with Gasteiger partial charge in [0.05, 0.1) is 16.9 Å². The van der Waals surface area contributed by atoms with Gasteiger partial charge in [0.15, 0.2) is 0 Å². The van der Waals surface area contributed by atoms with Gasteiger partial charge in [0, 0.05) is 11.4 Å². The number of benzene rings is 1. The van der Waals surface area contributed by atoms with E-state index in [2.05, 4.69) is 16.4 Å². The summed E-state index contributed by atoms with van der Waals surface area (Å²) >= 11 is 7.66. The topological polar surface area (TPSA) is 17.8 Å². The van der Waals surface area contributed by atoms with Crippen LogP contribution in [0.25, 0.3) is 11.0 Å². The fourth-order valence-corrected chi connectivity index (χ4v) is 3.08. The number of hydrogen-bond donors (Lipinski definition) is 0. The molecule has 5 heteroatoms. The number of alkyl halides is 1.